The van der Waals surface area contributed by atoms with E-state index in [1.165, 1.54) is 10.4 Å². The Kier molecular flexibility index (Phi) is 6.49. The predicted molar refractivity (Wildman–Crippen MR) is 137 cm³/mol. The van der Waals surface area contributed by atoms with Crippen LogP contribution in [0.1, 0.15) is 62.3 Å². The zero-order chi connectivity index (χ0) is 24.5. The van der Waals surface area contributed by atoms with Crippen molar-refractivity contribution in [3.8, 4) is 11.5 Å². The van der Waals surface area contributed by atoms with E-state index in [1.54, 1.807) is 29.5 Å². The third-order valence-electron chi connectivity index (χ3n) is 6.45. The molecule has 2 aromatic carbocycles. The number of hydrogen-bond acceptors (Lipinski definition) is 7. The van der Waals surface area contributed by atoms with E-state index in [2.05, 4.69) is 22.5 Å². The number of hydrogen-bond donors (Lipinski definition) is 2. The highest BCUT2D eigenvalue weighted by Crippen LogP contribution is 2.41. The molecule has 8 heteroatoms. The number of aryl methyl sites for hydroxylation is 1. The van der Waals surface area contributed by atoms with Gasteiger partial charge in [-0.3, -0.25) is 9.69 Å². The Morgan fingerprint density at radius 3 is 2.66 bits per heavy atom. The average molecular weight is 492 g/mol. The standard InChI is InChI=1S/C27H29N3O4S/c1-4-30-13-12-19-22(15-30)35-26-23(19)25(31)28-24(29-26)18-10-11-20(21(14-18)33-5-2)34-27(32)17-8-6-16(3)7-9-17/h6-11,14,24,29H,4-5,12-13,15H2,1-3H3,(H,28,31). The normalized spacial score (nSPS) is 17.1. The number of likely N-dealkylation sites (N-methyl/N-ethyl adjacent to an activating group) is 1. The summed E-state index contributed by atoms with van der Waals surface area (Å²) in [7, 11) is 0. The Hall–Kier alpha value is -3.36. The number of carbonyl (C=O) groups is 2. The second kappa shape index (κ2) is 9.71. The van der Waals surface area contributed by atoms with E-state index in [1.807, 2.05) is 38.1 Å². The molecule has 1 unspecified atom stereocenters. The summed E-state index contributed by atoms with van der Waals surface area (Å²) < 4.78 is 11.4. The number of nitrogens with zero attached hydrogens (tertiary/aromatic N) is 1. The topological polar surface area (TPSA) is 79.9 Å². The lowest BCUT2D eigenvalue weighted by atomic mass is 10.0. The van der Waals surface area contributed by atoms with Gasteiger partial charge in [-0.1, -0.05) is 30.7 Å². The summed E-state index contributed by atoms with van der Waals surface area (Å²) in [6, 6.07) is 12.6. The smallest absolute Gasteiger partial charge is 0.343 e. The molecule has 0 aliphatic carbocycles. The fourth-order valence-corrected chi connectivity index (χ4v) is 5.83. The van der Waals surface area contributed by atoms with Crippen LogP contribution in [0.4, 0.5) is 5.00 Å². The molecule has 7 nitrogen and oxygen atoms in total. The Labute approximate surface area is 209 Å². The lowest BCUT2D eigenvalue weighted by molar-refractivity contribution is 0.0728. The Balaban J connectivity index is 1.38. The van der Waals surface area contributed by atoms with Gasteiger partial charge in [-0.2, -0.15) is 0 Å². The minimum absolute atomic E-state index is 0.0565. The van der Waals surface area contributed by atoms with Gasteiger partial charge in [0.2, 0.25) is 0 Å². The van der Waals surface area contributed by atoms with Gasteiger partial charge >= 0.3 is 5.97 Å². The monoisotopic (exact) mass is 491 g/mol. The number of esters is 1. The molecule has 0 saturated carbocycles. The van der Waals surface area contributed by atoms with Gasteiger partial charge in [-0.05, 0) is 62.2 Å². The minimum atomic E-state index is -0.447. The molecule has 0 fully saturated rings. The summed E-state index contributed by atoms with van der Waals surface area (Å²) in [4.78, 5) is 29.4. The van der Waals surface area contributed by atoms with Crippen LogP contribution in [0, 0.1) is 6.92 Å². The van der Waals surface area contributed by atoms with Gasteiger partial charge in [-0.15, -0.1) is 11.3 Å². The lowest BCUT2D eigenvalue weighted by Gasteiger charge is -2.28. The van der Waals surface area contributed by atoms with Crippen molar-refractivity contribution in [2.75, 3.05) is 25.0 Å². The van der Waals surface area contributed by atoms with E-state index in [4.69, 9.17) is 9.47 Å². The number of rotatable bonds is 6. The summed E-state index contributed by atoms with van der Waals surface area (Å²) in [5.41, 5.74) is 4.32. The molecule has 2 aliphatic heterocycles. The molecule has 5 rings (SSSR count). The maximum atomic E-state index is 13.1. The van der Waals surface area contributed by atoms with Crippen molar-refractivity contribution < 1.29 is 19.1 Å². The Morgan fingerprint density at radius 1 is 1.11 bits per heavy atom. The van der Waals surface area contributed by atoms with E-state index in [-0.39, 0.29) is 5.91 Å². The van der Waals surface area contributed by atoms with E-state index in [0.717, 1.165) is 47.7 Å². The average Bonchev–Trinajstić information content (AvgIpc) is 3.23. The van der Waals surface area contributed by atoms with Crippen LogP contribution in [0.5, 0.6) is 11.5 Å². The Bertz CT molecular complexity index is 1270. The molecule has 2 N–H and O–H groups in total. The number of amides is 1. The maximum Gasteiger partial charge on any atom is 0.343 e. The van der Waals surface area contributed by atoms with Gasteiger partial charge in [0.25, 0.3) is 5.91 Å². The van der Waals surface area contributed by atoms with Gasteiger partial charge in [0.05, 0.1) is 17.7 Å². The molecule has 0 radical (unpaired) electrons. The second-order valence-corrected chi connectivity index (χ2v) is 9.88. The quantitative estimate of drug-likeness (QED) is 0.377. The summed E-state index contributed by atoms with van der Waals surface area (Å²) in [6.45, 7) is 9.29. The minimum Gasteiger partial charge on any atom is -0.490 e. The number of carbonyl (C=O) groups excluding carboxylic acids is 2. The summed E-state index contributed by atoms with van der Waals surface area (Å²) in [6.07, 6.45) is 0.489. The Morgan fingerprint density at radius 2 is 1.91 bits per heavy atom. The fraction of sp³-hybridized carbons (Fsp3) is 0.333. The number of anilines is 1. The van der Waals surface area contributed by atoms with Crippen LogP contribution in [-0.4, -0.2) is 36.5 Å². The van der Waals surface area contributed by atoms with Gasteiger partial charge in [0.1, 0.15) is 11.2 Å². The fourth-order valence-electron chi connectivity index (χ4n) is 4.51. The zero-order valence-corrected chi connectivity index (χ0v) is 21.0. The molecule has 1 amide bonds. The van der Waals surface area contributed by atoms with Crippen LogP contribution in [0.25, 0.3) is 0 Å². The molecule has 3 aromatic rings. The third kappa shape index (κ3) is 4.63. The van der Waals surface area contributed by atoms with Crippen molar-refractivity contribution in [3.63, 3.8) is 0 Å². The van der Waals surface area contributed by atoms with Gasteiger partial charge in [0.15, 0.2) is 11.5 Å². The molecule has 3 heterocycles. The third-order valence-corrected chi connectivity index (χ3v) is 7.60. The number of benzene rings is 2. The molecule has 0 spiro atoms. The van der Waals surface area contributed by atoms with Crippen LogP contribution in [0.3, 0.4) is 0 Å². The highest BCUT2D eigenvalue weighted by molar-refractivity contribution is 7.16. The first kappa shape index (κ1) is 23.4. The van der Waals surface area contributed by atoms with Crippen LogP contribution < -0.4 is 20.1 Å². The molecule has 35 heavy (non-hydrogen) atoms. The van der Waals surface area contributed by atoms with Crippen molar-refractivity contribution >= 4 is 28.2 Å². The molecule has 0 saturated heterocycles. The van der Waals surface area contributed by atoms with Crippen molar-refractivity contribution in [1.29, 1.82) is 0 Å². The largest absolute Gasteiger partial charge is 0.490 e. The van der Waals surface area contributed by atoms with Crippen LogP contribution in [0.2, 0.25) is 0 Å². The van der Waals surface area contributed by atoms with E-state index < -0.39 is 12.1 Å². The molecule has 0 bridgehead atoms. The van der Waals surface area contributed by atoms with Crippen molar-refractivity contribution in [2.24, 2.45) is 0 Å². The van der Waals surface area contributed by atoms with Gasteiger partial charge in [-0.25, -0.2) is 4.79 Å². The highest BCUT2D eigenvalue weighted by Gasteiger charge is 2.33. The summed E-state index contributed by atoms with van der Waals surface area (Å²) in [5, 5.41) is 7.50. The van der Waals surface area contributed by atoms with E-state index >= 15 is 0 Å². The molecule has 1 atom stereocenters. The van der Waals surface area contributed by atoms with Crippen molar-refractivity contribution in [2.45, 2.75) is 39.9 Å². The molecular formula is C27H29N3O4S. The molecule has 1 aromatic heterocycles. The number of fused-ring (bicyclic) bond motifs is 3. The second-order valence-electron chi connectivity index (χ2n) is 8.77. The highest BCUT2D eigenvalue weighted by atomic mass is 32.1. The number of thiophene rings is 1. The van der Waals surface area contributed by atoms with Crippen LogP contribution in [-0.2, 0) is 13.0 Å². The van der Waals surface area contributed by atoms with Crippen molar-refractivity contribution in [1.82, 2.24) is 10.2 Å². The van der Waals surface area contributed by atoms with Gasteiger partial charge in [0, 0.05) is 18.0 Å². The summed E-state index contributed by atoms with van der Waals surface area (Å²) in [5.74, 6) is 0.295. The van der Waals surface area contributed by atoms with Crippen LogP contribution >= 0.6 is 11.3 Å². The van der Waals surface area contributed by atoms with Crippen molar-refractivity contribution in [3.05, 3.63) is 75.2 Å². The lowest BCUT2D eigenvalue weighted by Crippen LogP contribution is -2.38. The SMILES string of the molecule is CCOc1cc(C2NC(=O)c3c(sc4c3CCN(CC)C4)N2)ccc1OC(=O)c1ccc(C)cc1. The van der Waals surface area contributed by atoms with E-state index in [9.17, 15) is 9.59 Å². The maximum absolute atomic E-state index is 13.1. The summed E-state index contributed by atoms with van der Waals surface area (Å²) >= 11 is 1.67. The first-order valence-corrected chi connectivity index (χ1v) is 12.8. The molecule has 182 valence electrons. The molecule has 2 aliphatic rings. The number of nitrogens with one attached hydrogen (secondary N) is 2. The zero-order valence-electron chi connectivity index (χ0n) is 20.1. The first-order valence-electron chi connectivity index (χ1n) is 12.0. The first-order chi connectivity index (χ1) is 17.0. The van der Waals surface area contributed by atoms with E-state index in [0.29, 0.717) is 23.7 Å². The molecular weight excluding hydrogens is 462 g/mol. The number of ether oxygens (including phenoxy) is 2. The van der Waals surface area contributed by atoms with Gasteiger partial charge < -0.3 is 20.1 Å². The van der Waals surface area contributed by atoms with Crippen LogP contribution in [0.15, 0.2) is 42.5 Å². The predicted octanol–water partition coefficient (Wildman–Crippen LogP) is 4.91.